The van der Waals surface area contributed by atoms with E-state index < -0.39 is 156 Å². The summed E-state index contributed by atoms with van der Waals surface area (Å²) < 4.78 is 0. The first-order valence-corrected chi connectivity index (χ1v) is 26.5. The van der Waals surface area contributed by atoms with E-state index in [0.717, 1.165) is 0 Å². The number of aliphatic hydroxyl groups is 1. The number of carboxylic acid groups (broad SMARTS) is 2. The molecule has 0 spiro atoms. The van der Waals surface area contributed by atoms with Crippen LogP contribution in [0.4, 0.5) is 0 Å². The van der Waals surface area contributed by atoms with Crippen LogP contribution < -0.4 is 76.1 Å². The summed E-state index contributed by atoms with van der Waals surface area (Å²) in [7, 11) is 0. The summed E-state index contributed by atoms with van der Waals surface area (Å²) in [6.45, 7) is 13.1. The molecule has 1 aliphatic heterocycles. The number of carbonyl (C=O) groups is 12. The molecule has 79 heavy (non-hydrogen) atoms. The summed E-state index contributed by atoms with van der Waals surface area (Å²) in [5.41, 5.74) is 21.8. The van der Waals surface area contributed by atoms with Crippen molar-refractivity contribution in [3.63, 3.8) is 0 Å². The van der Waals surface area contributed by atoms with Gasteiger partial charge in [-0.25, -0.2) is 4.79 Å². The zero-order chi connectivity index (χ0) is 60.3. The first kappa shape index (κ1) is 69.8. The number of carbonyl (C=O) groups excluding carboxylic acids is 10. The number of rotatable bonds is 37. The lowest BCUT2D eigenvalue weighted by molar-refractivity contribution is -0.143. The van der Waals surface area contributed by atoms with Gasteiger partial charge < -0.3 is 91.4 Å². The predicted molar refractivity (Wildman–Crippen MR) is 286 cm³/mol. The zero-order valence-corrected chi connectivity index (χ0v) is 46.5. The Morgan fingerprint density at radius 3 is 1.52 bits per heavy atom. The maximum absolute atomic E-state index is 14.1. The van der Waals surface area contributed by atoms with E-state index in [4.69, 9.17) is 22.9 Å². The number of hydrogen-bond donors (Lipinski definition) is 17. The molecule has 11 atom stereocenters. The SMILES string of the molecule is CC(C)C[C@H](NC(=O)[C@H](CCCN=C(N)N)NC(=O)[C@@H](NC(=O)[C@H](CCCCN)NC(=O)[C@H](C)NC(=O)[C@@H](NC(=O)[C@H](CC(=O)O)NC(=O)[C@@H](NC(=O)[C@@H]1CCCN1)[C@@H](C)O)C(C)C)C(C)C)C(=O)N[C@@H](CCC(N)=O)C(=O)O. The Bertz CT molecular complexity index is 2130. The molecule has 1 heterocycles. The molecular weight excluding hydrogens is 1040 g/mol. The Labute approximate surface area is 459 Å². The van der Waals surface area contributed by atoms with Crippen LogP contribution in [0.2, 0.25) is 0 Å². The molecule has 1 fully saturated rings. The van der Waals surface area contributed by atoms with Crippen molar-refractivity contribution >= 4 is 77.0 Å². The minimum absolute atomic E-state index is 0.000689. The Hall–Kier alpha value is -7.21. The van der Waals surface area contributed by atoms with E-state index in [1.165, 1.54) is 27.7 Å². The Kier molecular flexibility index (Phi) is 31.2. The van der Waals surface area contributed by atoms with E-state index >= 15 is 0 Å². The fraction of sp³-hybridized carbons (Fsp3) is 0.735. The second-order valence-corrected chi connectivity index (χ2v) is 20.7. The number of aliphatic carboxylic acids is 2. The molecule has 0 aromatic heterocycles. The minimum Gasteiger partial charge on any atom is -0.481 e. The van der Waals surface area contributed by atoms with E-state index in [-0.39, 0.29) is 63.5 Å². The topological polar surface area (TPSA) is 502 Å². The van der Waals surface area contributed by atoms with Gasteiger partial charge in [-0.3, -0.25) is 57.7 Å². The molecule has 30 nitrogen and oxygen atoms in total. The quantitative estimate of drug-likeness (QED) is 0.0157. The van der Waals surface area contributed by atoms with E-state index in [1.807, 2.05) is 0 Å². The number of nitrogens with two attached hydrogens (primary N) is 4. The van der Waals surface area contributed by atoms with Crippen LogP contribution in [0.5, 0.6) is 0 Å². The smallest absolute Gasteiger partial charge is 0.326 e. The van der Waals surface area contributed by atoms with Crippen LogP contribution in [-0.4, -0.2) is 178 Å². The second-order valence-electron chi connectivity index (χ2n) is 20.7. The summed E-state index contributed by atoms with van der Waals surface area (Å²) >= 11 is 0. The van der Waals surface area contributed by atoms with Crippen molar-refractivity contribution in [1.29, 1.82) is 0 Å². The van der Waals surface area contributed by atoms with Gasteiger partial charge in [0.2, 0.25) is 59.1 Å². The van der Waals surface area contributed by atoms with Gasteiger partial charge in [-0.15, -0.1) is 0 Å². The molecule has 0 aliphatic carbocycles. The number of aliphatic imine (C=N–C) groups is 1. The molecule has 0 unspecified atom stereocenters. The molecule has 1 rings (SSSR count). The second kappa shape index (κ2) is 35.3. The van der Waals surface area contributed by atoms with Crippen LogP contribution in [0.25, 0.3) is 0 Å². The maximum atomic E-state index is 14.1. The number of unbranched alkanes of at least 4 members (excludes halogenated alkanes) is 1. The molecule has 0 aromatic rings. The molecule has 1 saturated heterocycles. The number of primary amides is 1. The van der Waals surface area contributed by atoms with Gasteiger partial charge in [-0.05, 0) is 102 Å². The largest absolute Gasteiger partial charge is 0.481 e. The van der Waals surface area contributed by atoms with E-state index in [2.05, 4.69) is 58.2 Å². The van der Waals surface area contributed by atoms with Crippen molar-refractivity contribution in [2.75, 3.05) is 19.6 Å². The maximum Gasteiger partial charge on any atom is 0.326 e. The van der Waals surface area contributed by atoms with Crippen molar-refractivity contribution < 1.29 is 72.9 Å². The van der Waals surface area contributed by atoms with E-state index in [9.17, 15) is 72.9 Å². The van der Waals surface area contributed by atoms with Crippen LogP contribution in [0.3, 0.4) is 0 Å². The third-order valence-corrected chi connectivity index (χ3v) is 12.5. The standard InChI is InChI=1S/C49H87N15O15/c1-23(2)21-32(43(73)59-31(48(78)79)16-17-34(51)66)60-41(71)30(15-12-20-55-49(52)53)58-46(76)37(25(5)6)62-42(72)29(13-9-10-18-50)57-39(69)26(7)56-45(75)36(24(3)4)63-44(74)33(22-35(67)68)61-47(77)38(27(8)65)64-40(70)28-14-11-19-54-28/h23-33,36-38,54,65H,9-22,50H2,1-8H3,(H2,51,66)(H,56,75)(H,57,69)(H,58,76)(H,59,73)(H,60,71)(H,61,77)(H,62,72)(H,63,74)(H,64,70)(H,67,68)(H,78,79)(H4,52,53,55)/t26-,27+,28-,29-,30-,31-,32-,33-,36-,37-,38-/m0/s1. The first-order valence-electron chi connectivity index (χ1n) is 26.5. The average Bonchev–Trinajstić information content (AvgIpc) is 3.90. The highest BCUT2D eigenvalue weighted by Crippen LogP contribution is 2.13. The van der Waals surface area contributed by atoms with Crippen molar-refractivity contribution in [3.8, 4) is 0 Å². The van der Waals surface area contributed by atoms with Gasteiger partial charge in [0.05, 0.1) is 18.6 Å². The molecule has 0 aromatic carbocycles. The van der Waals surface area contributed by atoms with E-state index in [0.29, 0.717) is 32.2 Å². The van der Waals surface area contributed by atoms with Crippen LogP contribution in [0, 0.1) is 17.8 Å². The number of aliphatic hydroxyl groups excluding tert-OH is 1. The van der Waals surface area contributed by atoms with Gasteiger partial charge in [0.15, 0.2) is 5.96 Å². The van der Waals surface area contributed by atoms with Gasteiger partial charge in [0.1, 0.15) is 54.4 Å². The third kappa shape index (κ3) is 26.3. The molecule has 0 bridgehead atoms. The molecule has 30 heteroatoms. The highest BCUT2D eigenvalue weighted by molar-refractivity contribution is 5.99. The van der Waals surface area contributed by atoms with Crippen molar-refractivity contribution in [3.05, 3.63) is 0 Å². The highest BCUT2D eigenvalue weighted by Gasteiger charge is 2.38. The van der Waals surface area contributed by atoms with Gasteiger partial charge in [-0.2, -0.15) is 0 Å². The first-order chi connectivity index (χ1) is 36.9. The van der Waals surface area contributed by atoms with Gasteiger partial charge in [0, 0.05) is 13.0 Å². The molecule has 448 valence electrons. The van der Waals surface area contributed by atoms with Crippen molar-refractivity contribution in [2.24, 2.45) is 45.7 Å². The van der Waals surface area contributed by atoms with Crippen LogP contribution >= 0.6 is 0 Å². The lowest BCUT2D eigenvalue weighted by atomic mass is 9.99. The van der Waals surface area contributed by atoms with Gasteiger partial charge >= 0.3 is 11.9 Å². The number of nitrogens with one attached hydrogen (secondary N) is 10. The number of hydrogen-bond acceptors (Lipinski definition) is 16. The minimum atomic E-state index is -1.80. The normalized spacial score (nSPS) is 16.9. The summed E-state index contributed by atoms with van der Waals surface area (Å²) in [6.07, 6.45) is -1.12. The summed E-state index contributed by atoms with van der Waals surface area (Å²) in [6, 6.07) is -13.7. The van der Waals surface area contributed by atoms with E-state index in [1.54, 1.807) is 27.7 Å². The Morgan fingerprint density at radius 2 is 1.04 bits per heavy atom. The summed E-state index contributed by atoms with van der Waals surface area (Å²) in [5.74, 6) is -13.5. The third-order valence-electron chi connectivity index (χ3n) is 12.5. The zero-order valence-electron chi connectivity index (χ0n) is 46.5. The van der Waals surface area contributed by atoms with Gasteiger partial charge in [0.25, 0.3) is 0 Å². The number of amides is 10. The highest BCUT2D eigenvalue weighted by atomic mass is 16.4. The lowest BCUT2D eigenvalue weighted by Crippen LogP contribution is -2.62. The van der Waals surface area contributed by atoms with Gasteiger partial charge in [-0.1, -0.05) is 41.5 Å². The Morgan fingerprint density at radius 1 is 0.557 bits per heavy atom. The molecule has 10 amide bonds. The number of carboxylic acids is 2. The Balaban J connectivity index is 3.35. The fourth-order valence-electron chi connectivity index (χ4n) is 8.04. The van der Waals surface area contributed by atoms with Crippen molar-refractivity contribution in [2.45, 2.75) is 193 Å². The summed E-state index contributed by atoms with van der Waals surface area (Å²) in [5, 5.41) is 54.9. The molecule has 0 radical (unpaired) electrons. The van der Waals surface area contributed by atoms with Crippen LogP contribution in [0.1, 0.15) is 126 Å². The predicted octanol–water partition coefficient (Wildman–Crippen LogP) is -5.13. The molecule has 1 aliphatic rings. The van der Waals surface area contributed by atoms with Crippen LogP contribution in [0.15, 0.2) is 4.99 Å². The molecule has 21 N–H and O–H groups in total. The molecular formula is C49H87N15O15. The fourth-order valence-corrected chi connectivity index (χ4v) is 8.04. The summed E-state index contributed by atoms with van der Waals surface area (Å²) in [4.78, 5) is 162. The lowest BCUT2D eigenvalue weighted by Gasteiger charge is -2.29. The van der Waals surface area contributed by atoms with Crippen LogP contribution in [-0.2, 0) is 57.5 Å². The van der Waals surface area contributed by atoms with Crippen molar-refractivity contribution in [1.82, 2.24) is 53.2 Å². The molecule has 0 saturated carbocycles. The number of nitrogens with zero attached hydrogens (tertiary/aromatic N) is 1. The average molecular weight is 1130 g/mol. The monoisotopic (exact) mass is 1130 g/mol. The number of guanidine groups is 1.